The predicted molar refractivity (Wildman–Crippen MR) is 114 cm³/mol. The van der Waals surface area contributed by atoms with Gasteiger partial charge in [0.25, 0.3) is 11.5 Å². The number of nitrogens with zero attached hydrogens (tertiary/aromatic N) is 1. The smallest absolute Gasteiger partial charge is 0.254 e. The van der Waals surface area contributed by atoms with E-state index in [9.17, 15) is 9.59 Å². The second-order valence-corrected chi connectivity index (χ2v) is 7.81. The van der Waals surface area contributed by atoms with Crippen molar-refractivity contribution in [2.45, 2.75) is 45.2 Å². The summed E-state index contributed by atoms with van der Waals surface area (Å²) < 4.78 is 5.30. The van der Waals surface area contributed by atoms with Gasteiger partial charge in [0, 0.05) is 28.1 Å². The fourth-order valence-electron chi connectivity index (χ4n) is 4.10. The van der Waals surface area contributed by atoms with Crippen molar-refractivity contribution in [2.75, 3.05) is 7.11 Å². The molecule has 0 bridgehead atoms. The van der Waals surface area contributed by atoms with Crippen molar-refractivity contribution >= 4 is 16.8 Å². The second-order valence-electron chi connectivity index (χ2n) is 7.81. The van der Waals surface area contributed by atoms with Gasteiger partial charge in [-0.2, -0.15) is 0 Å². The first-order valence-corrected chi connectivity index (χ1v) is 10.1. The lowest BCUT2D eigenvalue weighted by Crippen LogP contribution is -2.39. The van der Waals surface area contributed by atoms with Gasteiger partial charge in [-0.3, -0.25) is 9.59 Å². The lowest BCUT2D eigenvalue weighted by Gasteiger charge is -2.29. The maximum Gasteiger partial charge on any atom is 0.254 e. The quantitative estimate of drug-likeness (QED) is 0.701. The molecule has 1 N–H and O–H groups in total. The Bertz CT molecular complexity index is 1080. The van der Waals surface area contributed by atoms with E-state index in [0.29, 0.717) is 17.7 Å². The first-order valence-electron chi connectivity index (χ1n) is 10.1. The molecule has 150 valence electrons. The molecule has 1 aromatic heterocycles. The van der Waals surface area contributed by atoms with Crippen LogP contribution in [0.25, 0.3) is 10.9 Å². The molecule has 1 aliphatic rings. The summed E-state index contributed by atoms with van der Waals surface area (Å²) in [5.74, 6) is 0.723. The Morgan fingerprint density at radius 2 is 1.83 bits per heavy atom. The Morgan fingerprint density at radius 3 is 2.52 bits per heavy atom. The number of aromatic nitrogens is 1. The van der Waals surface area contributed by atoms with Crippen LogP contribution in [0.5, 0.6) is 5.75 Å². The van der Waals surface area contributed by atoms with Crippen LogP contribution in [0.2, 0.25) is 0 Å². The normalized spacial score (nSPS) is 14.3. The van der Waals surface area contributed by atoms with Gasteiger partial charge in [0.2, 0.25) is 0 Å². The zero-order valence-electron chi connectivity index (χ0n) is 16.9. The number of ether oxygens (including phenoxy) is 1. The molecule has 0 radical (unpaired) electrons. The minimum atomic E-state index is -0.151. The van der Waals surface area contributed by atoms with Gasteiger partial charge in [0.05, 0.1) is 13.7 Å². The molecule has 1 amide bonds. The predicted octanol–water partition coefficient (Wildman–Crippen LogP) is 4.43. The minimum absolute atomic E-state index is 0.0120. The highest BCUT2D eigenvalue weighted by Gasteiger charge is 2.28. The van der Waals surface area contributed by atoms with Crippen LogP contribution in [0.3, 0.4) is 0 Å². The molecule has 5 heteroatoms. The maximum absolute atomic E-state index is 13.3. The number of carbonyl (C=O) groups is 1. The van der Waals surface area contributed by atoms with E-state index in [0.717, 1.165) is 47.9 Å². The Morgan fingerprint density at radius 1 is 1.10 bits per heavy atom. The number of benzene rings is 2. The van der Waals surface area contributed by atoms with Gasteiger partial charge in [-0.15, -0.1) is 0 Å². The maximum atomic E-state index is 13.3. The largest absolute Gasteiger partial charge is 0.497 e. The Balaban J connectivity index is 1.70. The van der Waals surface area contributed by atoms with Gasteiger partial charge in [-0.1, -0.05) is 30.5 Å². The number of H-pyrrole nitrogens is 1. The van der Waals surface area contributed by atoms with E-state index < -0.39 is 0 Å². The summed E-state index contributed by atoms with van der Waals surface area (Å²) in [4.78, 5) is 30.9. The van der Waals surface area contributed by atoms with Gasteiger partial charge < -0.3 is 14.6 Å². The first-order chi connectivity index (χ1) is 14.0. The van der Waals surface area contributed by atoms with Crippen LogP contribution in [0.1, 0.15) is 47.2 Å². The Labute approximate surface area is 170 Å². The van der Waals surface area contributed by atoms with E-state index in [1.165, 1.54) is 0 Å². The SMILES string of the molecule is COc1ccc2[nH]c(=O)c(CN(C(=O)c3ccc(C)cc3)C3CCCC3)cc2c1. The molecular weight excluding hydrogens is 364 g/mol. The van der Waals surface area contributed by atoms with E-state index in [-0.39, 0.29) is 17.5 Å². The van der Waals surface area contributed by atoms with Crippen molar-refractivity contribution in [2.24, 2.45) is 0 Å². The molecule has 4 rings (SSSR count). The fraction of sp³-hybridized carbons (Fsp3) is 0.333. The summed E-state index contributed by atoms with van der Waals surface area (Å²) in [5.41, 5.74) is 2.99. The number of hydrogen-bond acceptors (Lipinski definition) is 3. The molecule has 1 saturated carbocycles. The topological polar surface area (TPSA) is 62.4 Å². The van der Waals surface area contributed by atoms with Crippen LogP contribution in [0.4, 0.5) is 0 Å². The molecule has 3 aromatic rings. The molecule has 0 atom stereocenters. The van der Waals surface area contributed by atoms with E-state index in [1.54, 1.807) is 7.11 Å². The molecular formula is C24H26N2O3. The van der Waals surface area contributed by atoms with Crippen LogP contribution in [-0.4, -0.2) is 28.9 Å². The number of aryl methyl sites for hydroxylation is 1. The summed E-state index contributed by atoms with van der Waals surface area (Å²) in [6, 6.07) is 15.3. The van der Waals surface area contributed by atoms with Gasteiger partial charge in [0.1, 0.15) is 5.75 Å². The number of rotatable bonds is 5. The van der Waals surface area contributed by atoms with Crippen LogP contribution in [-0.2, 0) is 6.54 Å². The molecule has 1 fully saturated rings. The summed E-state index contributed by atoms with van der Waals surface area (Å²) in [7, 11) is 1.62. The molecule has 1 heterocycles. The third-order valence-electron chi connectivity index (χ3n) is 5.79. The lowest BCUT2D eigenvalue weighted by molar-refractivity contribution is 0.0664. The number of pyridine rings is 1. The first kappa shape index (κ1) is 19.2. The lowest BCUT2D eigenvalue weighted by atomic mass is 10.1. The third kappa shape index (κ3) is 4.04. The zero-order valence-corrected chi connectivity index (χ0v) is 16.9. The summed E-state index contributed by atoms with van der Waals surface area (Å²) >= 11 is 0. The van der Waals surface area contributed by atoms with Crippen LogP contribution < -0.4 is 10.3 Å². The monoisotopic (exact) mass is 390 g/mol. The molecule has 0 unspecified atom stereocenters. The average molecular weight is 390 g/mol. The van der Waals surface area contributed by atoms with Gasteiger partial charge in [0.15, 0.2) is 0 Å². The highest BCUT2D eigenvalue weighted by atomic mass is 16.5. The van der Waals surface area contributed by atoms with Gasteiger partial charge in [-0.05, 0) is 56.2 Å². The zero-order chi connectivity index (χ0) is 20.4. The molecule has 0 aliphatic heterocycles. The fourth-order valence-corrected chi connectivity index (χ4v) is 4.10. The highest BCUT2D eigenvalue weighted by molar-refractivity contribution is 5.94. The molecule has 2 aromatic carbocycles. The molecule has 0 spiro atoms. The van der Waals surface area contributed by atoms with E-state index in [2.05, 4.69) is 4.98 Å². The summed E-state index contributed by atoms with van der Waals surface area (Å²) in [5, 5.41) is 0.896. The standard InChI is InChI=1S/C24H26N2O3/c1-16-7-9-17(10-8-16)24(28)26(20-5-3-4-6-20)15-19-13-18-14-21(29-2)11-12-22(18)25-23(19)27/h7-14,20H,3-6,15H2,1-2H3,(H,25,27). The highest BCUT2D eigenvalue weighted by Crippen LogP contribution is 2.27. The van der Waals surface area contributed by atoms with Crippen molar-refractivity contribution < 1.29 is 9.53 Å². The second kappa shape index (κ2) is 8.11. The minimum Gasteiger partial charge on any atom is -0.497 e. The molecule has 29 heavy (non-hydrogen) atoms. The van der Waals surface area contributed by atoms with Crippen LogP contribution in [0, 0.1) is 6.92 Å². The number of hydrogen-bond donors (Lipinski definition) is 1. The number of nitrogens with one attached hydrogen (secondary N) is 1. The Hall–Kier alpha value is -3.08. The summed E-state index contributed by atoms with van der Waals surface area (Å²) in [6.45, 7) is 2.31. The number of carbonyl (C=O) groups excluding carboxylic acids is 1. The van der Waals surface area contributed by atoms with E-state index in [1.807, 2.05) is 60.4 Å². The van der Waals surface area contributed by atoms with E-state index in [4.69, 9.17) is 4.74 Å². The van der Waals surface area contributed by atoms with Crippen molar-refractivity contribution in [3.63, 3.8) is 0 Å². The van der Waals surface area contributed by atoms with Crippen molar-refractivity contribution in [1.82, 2.24) is 9.88 Å². The van der Waals surface area contributed by atoms with Crippen LogP contribution in [0.15, 0.2) is 53.3 Å². The van der Waals surface area contributed by atoms with Crippen LogP contribution >= 0.6 is 0 Å². The Kier molecular flexibility index (Phi) is 5.38. The van der Waals surface area contributed by atoms with Gasteiger partial charge >= 0.3 is 0 Å². The van der Waals surface area contributed by atoms with Crippen molar-refractivity contribution in [1.29, 1.82) is 0 Å². The summed E-state index contributed by atoms with van der Waals surface area (Å²) in [6.07, 6.45) is 4.20. The van der Waals surface area contributed by atoms with Crippen molar-refractivity contribution in [3.05, 3.63) is 75.6 Å². The number of amides is 1. The number of fused-ring (bicyclic) bond motifs is 1. The number of methoxy groups -OCH3 is 1. The average Bonchev–Trinajstić information content (AvgIpc) is 3.26. The third-order valence-corrected chi connectivity index (χ3v) is 5.79. The number of aromatic amines is 1. The van der Waals surface area contributed by atoms with E-state index >= 15 is 0 Å². The molecule has 5 nitrogen and oxygen atoms in total. The molecule has 1 aliphatic carbocycles. The van der Waals surface area contributed by atoms with Gasteiger partial charge in [-0.25, -0.2) is 0 Å². The molecule has 0 saturated heterocycles. The van der Waals surface area contributed by atoms with Crippen molar-refractivity contribution in [3.8, 4) is 5.75 Å².